The van der Waals surface area contributed by atoms with Gasteiger partial charge in [-0.05, 0) is 38.1 Å². The van der Waals surface area contributed by atoms with Gasteiger partial charge in [0.15, 0.2) is 5.96 Å². The summed E-state index contributed by atoms with van der Waals surface area (Å²) >= 11 is 0. The van der Waals surface area contributed by atoms with E-state index >= 15 is 0 Å². The van der Waals surface area contributed by atoms with Crippen molar-refractivity contribution in [1.82, 2.24) is 20.0 Å². The molecule has 8 heteroatoms. The van der Waals surface area contributed by atoms with Crippen LogP contribution in [-0.4, -0.2) is 98.7 Å². The lowest BCUT2D eigenvalue weighted by atomic mass is 9.95. The van der Waals surface area contributed by atoms with Gasteiger partial charge in [0.25, 0.3) is 0 Å². The zero-order chi connectivity index (χ0) is 19.9. The summed E-state index contributed by atoms with van der Waals surface area (Å²) in [7, 11) is 1.87. The summed E-state index contributed by atoms with van der Waals surface area (Å²) in [5.74, 6) is 2.18. The van der Waals surface area contributed by atoms with E-state index in [1.165, 1.54) is 25.9 Å². The highest BCUT2D eigenvalue weighted by molar-refractivity contribution is 14.0. The Balaban J connectivity index is 0.00000300. The molecule has 29 heavy (non-hydrogen) atoms. The van der Waals surface area contributed by atoms with E-state index in [0.717, 1.165) is 51.5 Å². The number of halogens is 1. The molecule has 1 N–H and O–H groups in total. The summed E-state index contributed by atoms with van der Waals surface area (Å²) in [6.45, 7) is 12.6. The highest BCUT2D eigenvalue weighted by atomic mass is 127. The van der Waals surface area contributed by atoms with Gasteiger partial charge in [0.1, 0.15) is 0 Å². The molecule has 0 aromatic heterocycles. The molecule has 168 valence electrons. The van der Waals surface area contributed by atoms with Crippen LogP contribution in [0.4, 0.5) is 0 Å². The number of nitrogens with one attached hydrogen (secondary N) is 1. The Kier molecular flexibility index (Phi) is 10.5. The van der Waals surface area contributed by atoms with Crippen LogP contribution in [0.3, 0.4) is 0 Å². The van der Waals surface area contributed by atoms with E-state index in [9.17, 15) is 4.79 Å². The minimum atomic E-state index is 0. The Morgan fingerprint density at radius 2 is 1.76 bits per heavy atom. The van der Waals surface area contributed by atoms with E-state index in [1.807, 2.05) is 11.9 Å². The number of guanidine groups is 1. The Hall–Kier alpha value is -0.610. The van der Waals surface area contributed by atoms with Gasteiger partial charge >= 0.3 is 0 Å². The number of carbonyl (C=O) groups is 1. The molecule has 3 aliphatic heterocycles. The lowest BCUT2D eigenvalue weighted by molar-refractivity contribution is -0.140. The van der Waals surface area contributed by atoms with Crippen LogP contribution >= 0.6 is 24.0 Å². The fourth-order valence-corrected chi connectivity index (χ4v) is 4.76. The summed E-state index contributed by atoms with van der Waals surface area (Å²) in [6.07, 6.45) is 4.40. The van der Waals surface area contributed by atoms with Gasteiger partial charge in [0, 0.05) is 58.3 Å². The maximum Gasteiger partial charge on any atom is 0.225 e. The maximum absolute atomic E-state index is 12.7. The summed E-state index contributed by atoms with van der Waals surface area (Å²) in [5.41, 5.74) is 0. The van der Waals surface area contributed by atoms with Gasteiger partial charge in [-0.15, -0.1) is 24.0 Å². The molecule has 7 nitrogen and oxygen atoms in total. The molecule has 0 unspecified atom stereocenters. The van der Waals surface area contributed by atoms with Gasteiger partial charge < -0.3 is 19.9 Å². The third kappa shape index (κ3) is 6.95. The van der Waals surface area contributed by atoms with Gasteiger partial charge in [-0.2, -0.15) is 0 Å². The number of rotatable bonds is 5. The van der Waals surface area contributed by atoms with Crippen molar-refractivity contribution in [2.75, 3.05) is 66.1 Å². The molecule has 1 atom stereocenters. The van der Waals surface area contributed by atoms with Gasteiger partial charge in [-0.25, -0.2) is 0 Å². The Labute approximate surface area is 193 Å². The first-order valence-corrected chi connectivity index (χ1v) is 11.1. The maximum atomic E-state index is 12.7. The summed E-state index contributed by atoms with van der Waals surface area (Å²) in [6, 6.07) is 0.611. The Bertz CT molecular complexity index is 531. The van der Waals surface area contributed by atoms with Crippen molar-refractivity contribution >= 4 is 35.8 Å². The van der Waals surface area contributed by atoms with Crippen molar-refractivity contribution < 1.29 is 9.53 Å². The van der Waals surface area contributed by atoms with Crippen LogP contribution in [0.25, 0.3) is 0 Å². The van der Waals surface area contributed by atoms with Crippen LogP contribution in [0.15, 0.2) is 4.99 Å². The van der Waals surface area contributed by atoms with Crippen LogP contribution in [0.2, 0.25) is 0 Å². The average molecular weight is 521 g/mol. The van der Waals surface area contributed by atoms with Crippen molar-refractivity contribution in [1.29, 1.82) is 0 Å². The molecule has 3 heterocycles. The number of likely N-dealkylation sites (tertiary alicyclic amines) is 2. The number of amides is 1. The third-order valence-corrected chi connectivity index (χ3v) is 6.27. The van der Waals surface area contributed by atoms with E-state index in [4.69, 9.17) is 4.74 Å². The monoisotopic (exact) mass is 521 g/mol. The fourth-order valence-electron chi connectivity index (χ4n) is 4.76. The second kappa shape index (κ2) is 12.3. The second-order valence-corrected chi connectivity index (χ2v) is 8.81. The number of hydrogen-bond acceptors (Lipinski definition) is 4. The van der Waals surface area contributed by atoms with E-state index in [2.05, 4.69) is 34.0 Å². The molecular formula is C21H40IN5O2. The fraction of sp³-hybridized carbons (Fsp3) is 0.905. The lowest BCUT2D eigenvalue weighted by Gasteiger charge is -2.37. The molecule has 0 bridgehead atoms. The summed E-state index contributed by atoms with van der Waals surface area (Å²) in [4.78, 5) is 24.2. The first-order valence-electron chi connectivity index (χ1n) is 11.1. The van der Waals surface area contributed by atoms with E-state index in [1.54, 1.807) is 0 Å². The normalized spacial score (nSPS) is 24.7. The van der Waals surface area contributed by atoms with Crippen molar-refractivity contribution in [2.24, 2.45) is 16.8 Å². The Morgan fingerprint density at radius 3 is 2.38 bits per heavy atom. The molecule has 3 fully saturated rings. The lowest BCUT2D eigenvalue weighted by Crippen LogP contribution is -2.51. The smallest absolute Gasteiger partial charge is 0.225 e. The molecule has 0 saturated carbocycles. The van der Waals surface area contributed by atoms with Crippen LogP contribution in [0, 0.1) is 11.8 Å². The molecule has 3 aliphatic rings. The minimum absolute atomic E-state index is 0. The number of carbonyl (C=O) groups excluding carboxylic acids is 1. The summed E-state index contributed by atoms with van der Waals surface area (Å²) in [5, 5.41) is 3.61. The number of piperidine rings is 1. The zero-order valence-electron chi connectivity index (χ0n) is 18.4. The quantitative estimate of drug-likeness (QED) is 0.340. The molecule has 0 aromatic rings. The van der Waals surface area contributed by atoms with E-state index < -0.39 is 0 Å². The number of ether oxygens (including phenoxy) is 1. The zero-order valence-corrected chi connectivity index (χ0v) is 20.8. The van der Waals surface area contributed by atoms with Crippen molar-refractivity contribution in [3.05, 3.63) is 0 Å². The van der Waals surface area contributed by atoms with E-state index in [-0.39, 0.29) is 29.9 Å². The number of morpholine rings is 1. The largest absolute Gasteiger partial charge is 0.378 e. The van der Waals surface area contributed by atoms with Crippen molar-refractivity contribution in [2.45, 2.75) is 45.6 Å². The second-order valence-electron chi connectivity index (χ2n) is 8.81. The molecule has 1 amide bonds. The van der Waals surface area contributed by atoms with Gasteiger partial charge in [0.2, 0.25) is 5.91 Å². The molecule has 0 aromatic carbocycles. The SMILES string of the molecule is CN=C(NC[C@H]1CCCN1CC(C)C)N1CCC(C(=O)N2CCOCC2)CC1.I. The summed E-state index contributed by atoms with van der Waals surface area (Å²) < 4.78 is 5.37. The molecule has 3 saturated heterocycles. The molecular weight excluding hydrogens is 481 g/mol. The molecule has 0 spiro atoms. The van der Waals surface area contributed by atoms with Gasteiger partial charge in [0.05, 0.1) is 13.2 Å². The van der Waals surface area contributed by atoms with Crippen LogP contribution in [0.1, 0.15) is 39.5 Å². The van der Waals surface area contributed by atoms with Crippen LogP contribution < -0.4 is 5.32 Å². The molecule has 3 rings (SSSR count). The molecule has 0 aliphatic carbocycles. The number of aliphatic imine (C=N–C) groups is 1. The number of nitrogens with zero attached hydrogens (tertiary/aromatic N) is 4. The van der Waals surface area contributed by atoms with Gasteiger partial charge in [-0.1, -0.05) is 13.8 Å². The number of hydrogen-bond donors (Lipinski definition) is 1. The minimum Gasteiger partial charge on any atom is -0.378 e. The first-order chi connectivity index (χ1) is 13.6. The van der Waals surface area contributed by atoms with Crippen LogP contribution in [0.5, 0.6) is 0 Å². The van der Waals surface area contributed by atoms with E-state index in [0.29, 0.717) is 31.1 Å². The topological polar surface area (TPSA) is 60.4 Å². The third-order valence-electron chi connectivity index (χ3n) is 6.27. The highest BCUT2D eigenvalue weighted by Crippen LogP contribution is 2.21. The Morgan fingerprint density at radius 1 is 1.07 bits per heavy atom. The standard InChI is InChI=1S/C21H39N5O2.HI/c1-17(2)16-26-8-4-5-19(26)15-23-21(22-3)25-9-6-18(7-10-25)20(27)24-11-13-28-14-12-24;/h17-19H,4-16H2,1-3H3,(H,22,23);1H/t19-;/m1./s1. The predicted octanol–water partition coefficient (Wildman–Crippen LogP) is 1.87. The van der Waals surface area contributed by atoms with Crippen molar-refractivity contribution in [3.8, 4) is 0 Å². The van der Waals surface area contributed by atoms with Crippen LogP contribution in [-0.2, 0) is 9.53 Å². The van der Waals surface area contributed by atoms with Crippen molar-refractivity contribution in [3.63, 3.8) is 0 Å². The van der Waals surface area contributed by atoms with Gasteiger partial charge in [-0.3, -0.25) is 14.7 Å². The predicted molar refractivity (Wildman–Crippen MR) is 128 cm³/mol. The first kappa shape index (κ1) is 24.7. The average Bonchev–Trinajstić information content (AvgIpc) is 3.15. The molecule has 0 radical (unpaired) electrons. The highest BCUT2D eigenvalue weighted by Gasteiger charge is 2.31.